The van der Waals surface area contributed by atoms with Gasteiger partial charge < -0.3 is 25.2 Å². The molecule has 11 nitrogen and oxygen atoms in total. The molecular formula is C33H64NO10P. The molecule has 266 valence electrons. The van der Waals surface area contributed by atoms with Crippen LogP contribution in [0.25, 0.3) is 0 Å². The number of hydrogen-bond acceptors (Lipinski definition) is 9. The lowest BCUT2D eigenvalue weighted by Crippen LogP contribution is -2.34. The summed E-state index contributed by atoms with van der Waals surface area (Å²) in [7, 11) is -4.69. The second-order valence-electron chi connectivity index (χ2n) is 12.0. The first-order valence-electron chi connectivity index (χ1n) is 17.6. The number of phosphoric acid groups is 1. The van der Waals surface area contributed by atoms with Crippen LogP contribution in [0.1, 0.15) is 162 Å². The zero-order valence-corrected chi connectivity index (χ0v) is 29.1. The van der Waals surface area contributed by atoms with E-state index in [2.05, 4.69) is 18.4 Å². The summed E-state index contributed by atoms with van der Waals surface area (Å²) >= 11 is 0. The first-order chi connectivity index (χ1) is 21.6. The SMILES string of the molecule is CCCCCCCCCCCCCCCCC(=O)OC(COC(=O)CCCCCCCCC)COP(=O)(O)OCC(N)C(=O)O. The lowest BCUT2D eigenvalue weighted by atomic mass is 10.0. The van der Waals surface area contributed by atoms with Crippen molar-refractivity contribution in [3.8, 4) is 0 Å². The van der Waals surface area contributed by atoms with Crippen LogP contribution in [0.15, 0.2) is 0 Å². The van der Waals surface area contributed by atoms with Crippen LogP contribution in [0, 0.1) is 0 Å². The van der Waals surface area contributed by atoms with Gasteiger partial charge in [0.25, 0.3) is 0 Å². The normalized spacial score (nSPS) is 14.0. The van der Waals surface area contributed by atoms with Gasteiger partial charge in [-0.05, 0) is 12.8 Å². The third kappa shape index (κ3) is 29.6. The van der Waals surface area contributed by atoms with Crippen molar-refractivity contribution in [2.75, 3.05) is 19.8 Å². The summed E-state index contributed by atoms with van der Waals surface area (Å²) in [6.45, 7) is 2.73. The van der Waals surface area contributed by atoms with Gasteiger partial charge in [-0.3, -0.25) is 23.4 Å². The van der Waals surface area contributed by atoms with E-state index in [-0.39, 0.29) is 19.4 Å². The molecule has 3 atom stereocenters. The third-order valence-corrected chi connectivity index (χ3v) is 8.56. The number of carbonyl (C=O) groups excluding carboxylic acids is 2. The van der Waals surface area contributed by atoms with Crippen molar-refractivity contribution in [1.29, 1.82) is 0 Å². The first kappa shape index (κ1) is 43.5. The molecule has 45 heavy (non-hydrogen) atoms. The summed E-state index contributed by atoms with van der Waals surface area (Å²) in [5.74, 6) is -2.38. The molecule has 0 amide bonds. The average molecular weight is 666 g/mol. The monoisotopic (exact) mass is 665 g/mol. The average Bonchev–Trinajstić information content (AvgIpc) is 3.00. The highest BCUT2D eigenvalue weighted by Crippen LogP contribution is 2.43. The molecule has 0 saturated heterocycles. The number of aliphatic carboxylic acids is 1. The van der Waals surface area contributed by atoms with Gasteiger partial charge in [0.15, 0.2) is 6.10 Å². The van der Waals surface area contributed by atoms with E-state index in [1.807, 2.05) is 0 Å². The zero-order valence-electron chi connectivity index (χ0n) is 28.2. The van der Waals surface area contributed by atoms with Gasteiger partial charge in [0.1, 0.15) is 12.6 Å². The largest absolute Gasteiger partial charge is 0.480 e. The van der Waals surface area contributed by atoms with Crippen LogP contribution in [0.5, 0.6) is 0 Å². The van der Waals surface area contributed by atoms with E-state index < -0.39 is 51.1 Å². The standard InChI is InChI=1S/C33H64NO10P/c1-3-5-7-9-11-12-13-14-15-16-17-19-21-23-25-32(36)44-29(27-42-45(39,40)43-28-30(34)33(37)38)26-41-31(35)24-22-20-18-10-8-6-4-2/h29-30H,3-28,34H2,1-2H3,(H,37,38)(H,39,40). The minimum absolute atomic E-state index is 0.168. The molecule has 0 aromatic heterocycles. The van der Waals surface area contributed by atoms with Crippen molar-refractivity contribution >= 4 is 25.7 Å². The van der Waals surface area contributed by atoms with Gasteiger partial charge in [-0.15, -0.1) is 0 Å². The second-order valence-corrected chi connectivity index (χ2v) is 13.5. The summed E-state index contributed by atoms with van der Waals surface area (Å²) < 4.78 is 32.4. The van der Waals surface area contributed by atoms with Gasteiger partial charge in [-0.2, -0.15) is 0 Å². The smallest absolute Gasteiger partial charge is 0.472 e. The van der Waals surface area contributed by atoms with E-state index in [4.69, 9.17) is 24.8 Å². The quantitative estimate of drug-likeness (QED) is 0.0352. The predicted octanol–water partition coefficient (Wildman–Crippen LogP) is 8.00. The number of nitrogens with two attached hydrogens (primary N) is 1. The van der Waals surface area contributed by atoms with Crippen molar-refractivity contribution < 1.29 is 47.5 Å². The van der Waals surface area contributed by atoms with Gasteiger partial charge in [-0.25, -0.2) is 4.57 Å². The Labute approximate surface area is 272 Å². The molecule has 3 unspecified atom stereocenters. The van der Waals surface area contributed by atoms with Crippen molar-refractivity contribution in [2.24, 2.45) is 5.73 Å². The highest BCUT2D eigenvalue weighted by Gasteiger charge is 2.28. The minimum Gasteiger partial charge on any atom is -0.480 e. The lowest BCUT2D eigenvalue weighted by molar-refractivity contribution is -0.161. The summed E-state index contributed by atoms with van der Waals surface area (Å²) in [5.41, 5.74) is 5.29. The van der Waals surface area contributed by atoms with Crippen LogP contribution in [0.2, 0.25) is 0 Å². The molecule has 0 aliphatic heterocycles. The van der Waals surface area contributed by atoms with Crippen molar-refractivity contribution in [2.45, 2.75) is 174 Å². The number of carboxylic acids is 1. The number of hydrogen-bond donors (Lipinski definition) is 3. The molecule has 0 rings (SSSR count). The fraction of sp³-hybridized carbons (Fsp3) is 0.909. The Balaban J connectivity index is 4.41. The van der Waals surface area contributed by atoms with E-state index in [1.54, 1.807) is 0 Å². The Kier molecular flexibility index (Phi) is 28.8. The summed E-state index contributed by atoms with van der Waals surface area (Å²) in [6, 6.07) is -1.51. The maximum atomic E-state index is 12.5. The number of carboxylic acid groups (broad SMARTS) is 1. The van der Waals surface area contributed by atoms with Crippen molar-refractivity contribution in [3.05, 3.63) is 0 Å². The summed E-state index contributed by atoms with van der Waals surface area (Å²) in [5, 5.41) is 8.82. The number of carbonyl (C=O) groups is 3. The van der Waals surface area contributed by atoms with Gasteiger partial charge >= 0.3 is 25.7 Å². The highest BCUT2D eigenvalue weighted by atomic mass is 31.2. The van der Waals surface area contributed by atoms with Gasteiger partial charge in [0, 0.05) is 12.8 Å². The Hall–Kier alpha value is -1.52. The van der Waals surface area contributed by atoms with E-state index in [0.29, 0.717) is 12.8 Å². The van der Waals surface area contributed by atoms with Crippen LogP contribution in [0.3, 0.4) is 0 Å². The maximum Gasteiger partial charge on any atom is 0.472 e. The van der Waals surface area contributed by atoms with Gasteiger partial charge in [0.05, 0.1) is 13.2 Å². The molecule has 0 aromatic carbocycles. The van der Waals surface area contributed by atoms with E-state index >= 15 is 0 Å². The Morgan fingerprint density at radius 1 is 0.600 bits per heavy atom. The fourth-order valence-corrected chi connectivity index (χ4v) is 5.55. The summed E-state index contributed by atoms with van der Waals surface area (Å²) in [4.78, 5) is 45.4. The van der Waals surface area contributed by atoms with Gasteiger partial charge in [-0.1, -0.05) is 136 Å². The second kappa shape index (κ2) is 29.9. The molecule has 0 bridgehead atoms. The van der Waals surface area contributed by atoms with Crippen molar-refractivity contribution in [1.82, 2.24) is 0 Å². The fourth-order valence-electron chi connectivity index (χ4n) is 4.77. The predicted molar refractivity (Wildman–Crippen MR) is 176 cm³/mol. The minimum atomic E-state index is -4.69. The topological polar surface area (TPSA) is 172 Å². The van der Waals surface area contributed by atoms with Crippen LogP contribution in [-0.2, 0) is 37.5 Å². The Morgan fingerprint density at radius 3 is 1.40 bits per heavy atom. The van der Waals surface area contributed by atoms with Crippen LogP contribution >= 0.6 is 7.82 Å². The molecule has 0 aliphatic rings. The highest BCUT2D eigenvalue weighted by molar-refractivity contribution is 7.47. The molecule has 0 aliphatic carbocycles. The molecule has 0 radical (unpaired) electrons. The number of phosphoric ester groups is 1. The maximum absolute atomic E-state index is 12.5. The number of unbranched alkanes of at least 4 members (excludes halogenated alkanes) is 19. The molecule has 4 N–H and O–H groups in total. The van der Waals surface area contributed by atoms with Crippen LogP contribution in [-0.4, -0.2) is 59.9 Å². The van der Waals surface area contributed by atoms with E-state index in [1.165, 1.54) is 83.5 Å². The van der Waals surface area contributed by atoms with Gasteiger partial charge in [0.2, 0.25) is 0 Å². The molecule has 0 aromatic rings. The molecule has 0 heterocycles. The molecule has 0 spiro atoms. The molecule has 0 saturated carbocycles. The first-order valence-corrected chi connectivity index (χ1v) is 19.1. The molecule has 12 heteroatoms. The van der Waals surface area contributed by atoms with Crippen molar-refractivity contribution in [3.63, 3.8) is 0 Å². The number of rotatable bonds is 33. The number of ether oxygens (including phenoxy) is 2. The summed E-state index contributed by atoms with van der Waals surface area (Å²) in [6.07, 6.45) is 23.4. The third-order valence-electron chi connectivity index (χ3n) is 7.61. The lowest BCUT2D eigenvalue weighted by Gasteiger charge is -2.20. The molecular weight excluding hydrogens is 601 g/mol. The van der Waals surface area contributed by atoms with Crippen LogP contribution in [0.4, 0.5) is 0 Å². The Morgan fingerprint density at radius 2 is 0.978 bits per heavy atom. The number of esters is 2. The van der Waals surface area contributed by atoms with E-state index in [0.717, 1.165) is 38.5 Å². The zero-order chi connectivity index (χ0) is 33.6. The molecule has 0 fully saturated rings. The van der Waals surface area contributed by atoms with E-state index in [9.17, 15) is 23.8 Å². The Bertz CT molecular complexity index is 797. The van der Waals surface area contributed by atoms with Crippen LogP contribution < -0.4 is 5.73 Å².